The maximum Gasteiger partial charge on any atom is 0.161 e. The van der Waals surface area contributed by atoms with Crippen LogP contribution >= 0.6 is 0 Å². The summed E-state index contributed by atoms with van der Waals surface area (Å²) in [4.78, 5) is 7.69. The van der Waals surface area contributed by atoms with Crippen LogP contribution < -0.4 is 9.47 Å². The Bertz CT molecular complexity index is 1070. The van der Waals surface area contributed by atoms with E-state index in [2.05, 4.69) is 16.0 Å². The number of pyridine rings is 1. The molecule has 0 bridgehead atoms. The second kappa shape index (κ2) is 6.52. The third kappa shape index (κ3) is 2.77. The SMILES string of the molecule is COc1ccc(-c2c[nH]c3ncc(-c4ccc(F)cc4)cc23)cc1OC. The van der Waals surface area contributed by atoms with E-state index < -0.39 is 0 Å². The van der Waals surface area contributed by atoms with Crippen LogP contribution in [0.2, 0.25) is 0 Å². The Kier molecular flexibility index (Phi) is 4.05. The summed E-state index contributed by atoms with van der Waals surface area (Å²) in [5, 5.41) is 0.985. The van der Waals surface area contributed by atoms with E-state index in [1.807, 2.05) is 24.4 Å². The third-order valence-electron chi connectivity index (χ3n) is 4.40. The lowest BCUT2D eigenvalue weighted by atomic mass is 10.0. The lowest BCUT2D eigenvalue weighted by Crippen LogP contribution is -1.90. The maximum absolute atomic E-state index is 13.2. The predicted molar refractivity (Wildman–Crippen MR) is 100 cm³/mol. The first kappa shape index (κ1) is 16.1. The molecule has 0 unspecified atom stereocenters. The van der Waals surface area contributed by atoms with Gasteiger partial charge in [-0.05, 0) is 41.5 Å². The topological polar surface area (TPSA) is 47.1 Å². The zero-order valence-corrected chi connectivity index (χ0v) is 14.4. The van der Waals surface area contributed by atoms with Crippen molar-refractivity contribution in [3.63, 3.8) is 0 Å². The van der Waals surface area contributed by atoms with Crippen molar-refractivity contribution >= 4 is 11.0 Å². The lowest BCUT2D eigenvalue weighted by molar-refractivity contribution is 0.355. The van der Waals surface area contributed by atoms with E-state index in [1.165, 1.54) is 12.1 Å². The number of aromatic nitrogens is 2. The first-order valence-electron chi connectivity index (χ1n) is 8.15. The molecule has 130 valence electrons. The van der Waals surface area contributed by atoms with Crippen LogP contribution in [0.25, 0.3) is 33.3 Å². The minimum absolute atomic E-state index is 0.254. The van der Waals surface area contributed by atoms with Crippen LogP contribution in [0.3, 0.4) is 0 Å². The van der Waals surface area contributed by atoms with Crippen molar-refractivity contribution in [2.75, 3.05) is 14.2 Å². The summed E-state index contributed by atoms with van der Waals surface area (Å²) >= 11 is 0. The molecular formula is C21H17FN2O2. The van der Waals surface area contributed by atoms with Crippen LogP contribution in [0.4, 0.5) is 4.39 Å². The van der Waals surface area contributed by atoms with Gasteiger partial charge in [0.1, 0.15) is 11.5 Å². The fraction of sp³-hybridized carbons (Fsp3) is 0.0952. The number of halogens is 1. The molecule has 4 nitrogen and oxygen atoms in total. The van der Waals surface area contributed by atoms with Crippen molar-refractivity contribution in [3.8, 4) is 33.8 Å². The van der Waals surface area contributed by atoms with Gasteiger partial charge in [-0.25, -0.2) is 9.37 Å². The molecule has 0 atom stereocenters. The molecule has 0 radical (unpaired) electrons. The quantitative estimate of drug-likeness (QED) is 0.561. The molecule has 0 saturated carbocycles. The van der Waals surface area contributed by atoms with Gasteiger partial charge in [0.25, 0.3) is 0 Å². The van der Waals surface area contributed by atoms with Crippen molar-refractivity contribution in [1.82, 2.24) is 9.97 Å². The summed E-state index contributed by atoms with van der Waals surface area (Å²) in [5.74, 6) is 1.10. The number of methoxy groups -OCH3 is 2. The van der Waals surface area contributed by atoms with E-state index in [4.69, 9.17) is 9.47 Å². The minimum atomic E-state index is -0.254. The Morgan fingerprint density at radius 3 is 2.31 bits per heavy atom. The molecule has 1 N–H and O–H groups in total. The standard InChI is InChI=1S/C21H17FN2O2/c1-25-19-8-5-14(10-20(19)26-2)18-12-24-21-17(18)9-15(11-23-21)13-3-6-16(22)7-4-13/h3-12H,1-2H3,(H,23,24). The van der Waals surface area contributed by atoms with Gasteiger partial charge in [0.05, 0.1) is 14.2 Å². The Balaban J connectivity index is 1.83. The smallest absolute Gasteiger partial charge is 0.161 e. The minimum Gasteiger partial charge on any atom is -0.493 e. The van der Waals surface area contributed by atoms with Crippen molar-refractivity contribution in [2.24, 2.45) is 0 Å². The monoisotopic (exact) mass is 348 g/mol. The first-order chi connectivity index (χ1) is 12.7. The second-order valence-electron chi connectivity index (χ2n) is 5.90. The van der Waals surface area contributed by atoms with Gasteiger partial charge in [0.2, 0.25) is 0 Å². The number of hydrogen-bond donors (Lipinski definition) is 1. The van der Waals surface area contributed by atoms with Gasteiger partial charge in [-0.15, -0.1) is 0 Å². The summed E-state index contributed by atoms with van der Waals surface area (Å²) in [7, 11) is 3.23. The molecule has 2 aromatic heterocycles. The molecule has 0 amide bonds. The van der Waals surface area contributed by atoms with Gasteiger partial charge in [0.15, 0.2) is 11.5 Å². The molecule has 4 aromatic rings. The number of nitrogens with zero attached hydrogens (tertiary/aromatic N) is 1. The zero-order chi connectivity index (χ0) is 18.1. The average Bonchev–Trinajstić information content (AvgIpc) is 3.11. The van der Waals surface area contributed by atoms with Gasteiger partial charge >= 0.3 is 0 Å². The van der Waals surface area contributed by atoms with Gasteiger partial charge in [-0.2, -0.15) is 0 Å². The summed E-state index contributed by atoms with van der Waals surface area (Å²) in [6, 6.07) is 14.3. The van der Waals surface area contributed by atoms with Gasteiger partial charge < -0.3 is 14.5 Å². The fourth-order valence-electron chi connectivity index (χ4n) is 3.05. The van der Waals surface area contributed by atoms with Gasteiger partial charge in [0, 0.05) is 28.9 Å². The molecular weight excluding hydrogens is 331 g/mol. The number of ether oxygens (including phenoxy) is 2. The Labute approximate surface area is 150 Å². The number of hydrogen-bond acceptors (Lipinski definition) is 3. The number of rotatable bonds is 4. The molecule has 0 aliphatic rings. The van der Waals surface area contributed by atoms with E-state index in [0.29, 0.717) is 11.5 Å². The highest BCUT2D eigenvalue weighted by atomic mass is 19.1. The lowest BCUT2D eigenvalue weighted by Gasteiger charge is -2.09. The fourth-order valence-corrected chi connectivity index (χ4v) is 3.05. The predicted octanol–water partition coefficient (Wildman–Crippen LogP) is 5.05. The molecule has 5 heteroatoms. The summed E-state index contributed by atoms with van der Waals surface area (Å²) in [6.07, 6.45) is 3.71. The largest absolute Gasteiger partial charge is 0.493 e. The molecule has 2 aromatic carbocycles. The van der Waals surface area contributed by atoms with Crippen LogP contribution in [-0.4, -0.2) is 24.2 Å². The molecule has 0 aliphatic heterocycles. The number of nitrogens with one attached hydrogen (secondary N) is 1. The van der Waals surface area contributed by atoms with Crippen molar-refractivity contribution < 1.29 is 13.9 Å². The van der Waals surface area contributed by atoms with Crippen LogP contribution in [0.5, 0.6) is 11.5 Å². The van der Waals surface area contributed by atoms with Gasteiger partial charge in [-0.1, -0.05) is 18.2 Å². The third-order valence-corrected chi connectivity index (χ3v) is 4.40. The number of fused-ring (bicyclic) bond motifs is 1. The second-order valence-corrected chi connectivity index (χ2v) is 5.90. The summed E-state index contributed by atoms with van der Waals surface area (Å²) in [6.45, 7) is 0. The highest BCUT2D eigenvalue weighted by Crippen LogP contribution is 2.36. The van der Waals surface area contributed by atoms with Crippen LogP contribution in [0.15, 0.2) is 60.9 Å². The van der Waals surface area contributed by atoms with E-state index >= 15 is 0 Å². The zero-order valence-electron chi connectivity index (χ0n) is 14.4. The molecule has 2 heterocycles. The van der Waals surface area contributed by atoms with E-state index in [1.54, 1.807) is 32.5 Å². The first-order valence-corrected chi connectivity index (χ1v) is 8.15. The maximum atomic E-state index is 13.2. The molecule has 4 rings (SSSR count). The average molecular weight is 348 g/mol. The van der Waals surface area contributed by atoms with Crippen molar-refractivity contribution in [3.05, 3.63) is 66.7 Å². The Morgan fingerprint density at radius 1 is 0.846 bits per heavy atom. The number of aromatic amines is 1. The molecule has 0 aliphatic carbocycles. The highest BCUT2D eigenvalue weighted by Gasteiger charge is 2.12. The molecule has 26 heavy (non-hydrogen) atoms. The van der Waals surface area contributed by atoms with Crippen LogP contribution in [0, 0.1) is 5.82 Å². The van der Waals surface area contributed by atoms with E-state index in [-0.39, 0.29) is 5.82 Å². The Hall–Kier alpha value is -3.34. The normalized spacial score (nSPS) is 10.9. The molecule has 0 saturated heterocycles. The molecule has 0 fully saturated rings. The van der Waals surface area contributed by atoms with E-state index in [9.17, 15) is 4.39 Å². The molecule has 0 spiro atoms. The van der Waals surface area contributed by atoms with Crippen LogP contribution in [0.1, 0.15) is 0 Å². The summed E-state index contributed by atoms with van der Waals surface area (Å²) < 4.78 is 23.9. The number of benzene rings is 2. The summed E-state index contributed by atoms with van der Waals surface area (Å²) in [5.41, 5.74) is 4.64. The number of H-pyrrole nitrogens is 1. The van der Waals surface area contributed by atoms with Gasteiger partial charge in [-0.3, -0.25) is 0 Å². The highest BCUT2D eigenvalue weighted by molar-refractivity contribution is 5.96. The van der Waals surface area contributed by atoms with Crippen LogP contribution in [-0.2, 0) is 0 Å². The van der Waals surface area contributed by atoms with Crippen molar-refractivity contribution in [1.29, 1.82) is 0 Å². The Morgan fingerprint density at radius 2 is 1.58 bits per heavy atom. The van der Waals surface area contributed by atoms with E-state index in [0.717, 1.165) is 33.3 Å². The van der Waals surface area contributed by atoms with Crippen molar-refractivity contribution in [2.45, 2.75) is 0 Å².